The smallest absolute Gasteiger partial charge is 0.264 e. The fourth-order valence-corrected chi connectivity index (χ4v) is 5.21. The largest absolute Gasteiger partial charge is 0.497 e. The molecule has 0 amide bonds. The van der Waals surface area contributed by atoms with E-state index in [2.05, 4.69) is 4.72 Å². The highest BCUT2D eigenvalue weighted by atomic mass is 32.2. The third-order valence-electron chi connectivity index (χ3n) is 5.64. The summed E-state index contributed by atoms with van der Waals surface area (Å²) in [5.74, 6) is -1.58. The Morgan fingerprint density at radius 3 is 2.60 bits per heavy atom. The number of fused-ring (bicyclic) bond motifs is 1. The van der Waals surface area contributed by atoms with E-state index in [-0.39, 0.29) is 29.0 Å². The molecule has 0 atom stereocenters. The second-order valence-electron chi connectivity index (χ2n) is 8.93. The van der Waals surface area contributed by atoms with Crippen LogP contribution in [0.3, 0.4) is 0 Å². The lowest BCUT2D eigenvalue weighted by Crippen LogP contribution is -2.30. The summed E-state index contributed by atoms with van der Waals surface area (Å²) in [4.78, 5) is 17.1. The molecule has 0 saturated carbocycles. The molecule has 0 unspecified atom stereocenters. The molecule has 9 heteroatoms. The first-order valence-corrected chi connectivity index (χ1v) is 12.3. The van der Waals surface area contributed by atoms with Gasteiger partial charge in [-0.05, 0) is 68.3 Å². The predicted octanol–water partition coefficient (Wildman–Crippen LogP) is 5.17. The summed E-state index contributed by atoms with van der Waals surface area (Å²) in [5.41, 5.74) is 2.44. The van der Waals surface area contributed by atoms with Gasteiger partial charge in [0.2, 0.25) is 0 Å². The molecule has 0 spiro atoms. The third-order valence-corrected chi connectivity index (χ3v) is 7.03. The van der Waals surface area contributed by atoms with Crippen LogP contribution in [-0.2, 0) is 16.4 Å². The molecule has 4 rings (SSSR count). The standard InChI is InChI=1S/C26H24F2N2O4S/c1-26(2)15-17-7-9-20(34-3)13-21(17)23(29-26)14-24(31)16-5-4-6-19(11-16)30-35(32,33)25-12-18(27)8-10-22(25)28/h4-13,30H,14-15H2,1-3H3. The van der Waals surface area contributed by atoms with E-state index < -0.39 is 26.6 Å². The van der Waals surface area contributed by atoms with Crippen molar-refractivity contribution in [3.8, 4) is 5.75 Å². The molecule has 0 radical (unpaired) electrons. The highest BCUT2D eigenvalue weighted by Gasteiger charge is 2.28. The molecule has 0 aromatic heterocycles. The lowest BCUT2D eigenvalue weighted by Gasteiger charge is -2.29. The van der Waals surface area contributed by atoms with Crippen LogP contribution < -0.4 is 9.46 Å². The van der Waals surface area contributed by atoms with Crippen molar-refractivity contribution in [3.63, 3.8) is 0 Å². The lowest BCUT2D eigenvalue weighted by molar-refractivity contribution is 0.100. The Balaban J connectivity index is 1.60. The van der Waals surface area contributed by atoms with Crippen molar-refractivity contribution in [3.05, 3.63) is 89.0 Å². The Kier molecular flexibility index (Phi) is 6.46. The van der Waals surface area contributed by atoms with Crippen LogP contribution >= 0.6 is 0 Å². The number of halogens is 2. The number of benzene rings is 3. The number of anilines is 1. The average Bonchev–Trinajstić information content (AvgIpc) is 2.79. The van der Waals surface area contributed by atoms with Gasteiger partial charge in [-0.2, -0.15) is 0 Å². The third kappa shape index (κ3) is 5.40. The van der Waals surface area contributed by atoms with Crippen LogP contribution in [0.2, 0.25) is 0 Å². The maximum atomic E-state index is 14.0. The van der Waals surface area contributed by atoms with E-state index in [1.807, 2.05) is 32.0 Å². The summed E-state index contributed by atoms with van der Waals surface area (Å²) in [5, 5.41) is 0. The molecule has 6 nitrogen and oxygen atoms in total. The van der Waals surface area contributed by atoms with Crippen molar-refractivity contribution >= 4 is 27.2 Å². The molecule has 3 aromatic rings. The van der Waals surface area contributed by atoms with E-state index in [9.17, 15) is 22.0 Å². The van der Waals surface area contributed by atoms with Gasteiger partial charge < -0.3 is 4.74 Å². The normalized spacial score (nSPS) is 14.6. The van der Waals surface area contributed by atoms with Gasteiger partial charge in [-0.25, -0.2) is 17.2 Å². The zero-order chi connectivity index (χ0) is 25.4. The Labute approximate surface area is 202 Å². The maximum Gasteiger partial charge on any atom is 0.264 e. The van der Waals surface area contributed by atoms with Crippen LogP contribution in [0, 0.1) is 11.6 Å². The SMILES string of the molecule is COc1ccc2c(c1)C(CC(=O)c1cccc(NS(=O)(=O)c3cc(F)ccc3F)c1)=NC(C)(C)C2. The molecule has 3 aromatic carbocycles. The van der Waals surface area contributed by atoms with Gasteiger partial charge in [0.05, 0.1) is 24.8 Å². The van der Waals surface area contributed by atoms with Gasteiger partial charge in [0.25, 0.3) is 10.0 Å². The summed E-state index contributed by atoms with van der Waals surface area (Å²) >= 11 is 0. The number of ether oxygens (including phenoxy) is 1. The first-order valence-electron chi connectivity index (χ1n) is 10.8. The van der Waals surface area contributed by atoms with E-state index in [1.165, 1.54) is 18.2 Å². The van der Waals surface area contributed by atoms with E-state index in [1.54, 1.807) is 13.2 Å². The van der Waals surface area contributed by atoms with Crippen LogP contribution in [0.1, 0.15) is 41.8 Å². The zero-order valence-electron chi connectivity index (χ0n) is 19.4. The molecule has 0 aliphatic carbocycles. The molecule has 1 N–H and O–H groups in total. The van der Waals surface area contributed by atoms with E-state index >= 15 is 0 Å². The summed E-state index contributed by atoms with van der Waals surface area (Å²) in [6.45, 7) is 3.98. The number of nitrogens with zero attached hydrogens (tertiary/aromatic N) is 1. The van der Waals surface area contributed by atoms with Gasteiger partial charge >= 0.3 is 0 Å². The lowest BCUT2D eigenvalue weighted by atomic mass is 9.85. The number of Topliss-reactive ketones (excluding diaryl/α,β-unsaturated/α-hetero) is 1. The summed E-state index contributed by atoms with van der Waals surface area (Å²) in [6.07, 6.45) is 0.719. The quantitative estimate of drug-likeness (QED) is 0.456. The first-order chi connectivity index (χ1) is 16.5. The topological polar surface area (TPSA) is 84.8 Å². The number of methoxy groups -OCH3 is 1. The van der Waals surface area contributed by atoms with Crippen molar-refractivity contribution in [2.24, 2.45) is 4.99 Å². The van der Waals surface area contributed by atoms with Crippen molar-refractivity contribution in [2.45, 2.75) is 37.1 Å². The number of sulfonamides is 1. The van der Waals surface area contributed by atoms with Crippen molar-refractivity contribution in [1.29, 1.82) is 0 Å². The van der Waals surface area contributed by atoms with Crippen LogP contribution in [0.5, 0.6) is 5.75 Å². The number of ketones is 1. The van der Waals surface area contributed by atoms with Gasteiger partial charge in [-0.15, -0.1) is 0 Å². The van der Waals surface area contributed by atoms with E-state index in [4.69, 9.17) is 9.73 Å². The molecular weight excluding hydrogens is 474 g/mol. The van der Waals surface area contributed by atoms with Crippen molar-refractivity contribution < 1.29 is 26.7 Å². The zero-order valence-corrected chi connectivity index (χ0v) is 20.2. The van der Waals surface area contributed by atoms with Gasteiger partial charge in [-0.3, -0.25) is 14.5 Å². The number of carbonyl (C=O) groups is 1. The molecule has 1 aliphatic heterocycles. The minimum Gasteiger partial charge on any atom is -0.497 e. The molecule has 1 aliphatic rings. The molecule has 0 saturated heterocycles. The first kappa shape index (κ1) is 24.5. The van der Waals surface area contributed by atoms with Crippen LogP contribution in [-0.4, -0.2) is 32.6 Å². The molecule has 182 valence electrons. The second kappa shape index (κ2) is 9.22. The average molecular weight is 499 g/mol. The number of nitrogens with one attached hydrogen (secondary N) is 1. The predicted molar refractivity (Wildman–Crippen MR) is 130 cm³/mol. The second-order valence-corrected chi connectivity index (χ2v) is 10.6. The Hall–Kier alpha value is -3.59. The molecule has 35 heavy (non-hydrogen) atoms. The molecular formula is C26H24F2N2O4S. The van der Waals surface area contributed by atoms with Gasteiger partial charge in [0, 0.05) is 16.8 Å². The van der Waals surface area contributed by atoms with Crippen LogP contribution in [0.4, 0.5) is 14.5 Å². The Morgan fingerprint density at radius 2 is 1.86 bits per heavy atom. The Bertz CT molecular complexity index is 1450. The Morgan fingerprint density at radius 1 is 1.09 bits per heavy atom. The number of aliphatic imine (C=N–C) groups is 1. The van der Waals surface area contributed by atoms with Crippen LogP contribution in [0.15, 0.2) is 70.6 Å². The number of hydrogen-bond donors (Lipinski definition) is 1. The number of rotatable bonds is 7. The molecule has 1 heterocycles. The minimum absolute atomic E-state index is 0.00166. The number of carbonyl (C=O) groups excluding carboxylic acids is 1. The fraction of sp³-hybridized carbons (Fsp3) is 0.231. The molecule has 0 bridgehead atoms. The summed E-state index contributed by atoms with van der Waals surface area (Å²) in [7, 11) is -2.85. The van der Waals surface area contributed by atoms with Crippen molar-refractivity contribution in [2.75, 3.05) is 11.8 Å². The van der Waals surface area contributed by atoms with E-state index in [0.29, 0.717) is 17.5 Å². The minimum atomic E-state index is -4.41. The van der Waals surface area contributed by atoms with Gasteiger partial charge in [0.15, 0.2) is 5.78 Å². The van der Waals surface area contributed by atoms with Gasteiger partial charge in [0.1, 0.15) is 22.3 Å². The highest BCUT2D eigenvalue weighted by molar-refractivity contribution is 7.92. The van der Waals surface area contributed by atoms with Crippen molar-refractivity contribution in [1.82, 2.24) is 0 Å². The number of hydrogen-bond acceptors (Lipinski definition) is 5. The fourth-order valence-electron chi connectivity index (χ4n) is 4.07. The van der Waals surface area contributed by atoms with Gasteiger partial charge in [-0.1, -0.05) is 18.2 Å². The van der Waals surface area contributed by atoms with Crippen LogP contribution in [0.25, 0.3) is 0 Å². The highest BCUT2D eigenvalue weighted by Crippen LogP contribution is 2.31. The summed E-state index contributed by atoms with van der Waals surface area (Å²) < 4.78 is 60.3. The monoisotopic (exact) mass is 498 g/mol. The maximum absolute atomic E-state index is 14.0. The van der Waals surface area contributed by atoms with E-state index in [0.717, 1.165) is 29.7 Å². The molecule has 0 fully saturated rings. The summed E-state index contributed by atoms with van der Waals surface area (Å²) in [6, 6.07) is 13.7.